The quantitative estimate of drug-likeness (QED) is 0.762. The molecule has 0 spiro atoms. The standard InChI is InChI=1S/C15H31N3O/c1-5-9-18-10-7-14(8-11-18)17(4)15(19)13(3)12-16-6-2/h13-14,16H,5-12H2,1-4H3. The first-order chi connectivity index (χ1) is 9.10. The maximum Gasteiger partial charge on any atom is 0.226 e. The van der Waals surface area contributed by atoms with Gasteiger partial charge in [0.25, 0.3) is 0 Å². The normalized spacial score (nSPS) is 19.4. The highest BCUT2D eigenvalue weighted by atomic mass is 16.2. The van der Waals surface area contributed by atoms with E-state index in [0.717, 1.165) is 39.0 Å². The lowest BCUT2D eigenvalue weighted by molar-refractivity contribution is -0.136. The summed E-state index contributed by atoms with van der Waals surface area (Å²) in [5, 5.41) is 3.25. The number of carbonyl (C=O) groups is 1. The van der Waals surface area contributed by atoms with Gasteiger partial charge in [0.1, 0.15) is 0 Å². The number of carbonyl (C=O) groups excluding carboxylic acids is 1. The van der Waals surface area contributed by atoms with Crippen LogP contribution in [0.1, 0.15) is 40.0 Å². The van der Waals surface area contributed by atoms with Gasteiger partial charge in [-0.2, -0.15) is 0 Å². The van der Waals surface area contributed by atoms with Crippen molar-refractivity contribution in [1.82, 2.24) is 15.1 Å². The fourth-order valence-corrected chi connectivity index (χ4v) is 2.82. The minimum Gasteiger partial charge on any atom is -0.342 e. The second-order valence-electron chi connectivity index (χ2n) is 5.73. The maximum absolute atomic E-state index is 12.3. The molecule has 4 nitrogen and oxygen atoms in total. The van der Waals surface area contributed by atoms with Gasteiger partial charge in [-0.3, -0.25) is 4.79 Å². The predicted molar refractivity (Wildman–Crippen MR) is 80.2 cm³/mol. The zero-order valence-corrected chi connectivity index (χ0v) is 13.1. The van der Waals surface area contributed by atoms with E-state index in [1.165, 1.54) is 13.0 Å². The molecule has 4 heteroatoms. The van der Waals surface area contributed by atoms with E-state index in [-0.39, 0.29) is 11.8 Å². The van der Waals surface area contributed by atoms with Crippen LogP contribution in [0, 0.1) is 5.92 Å². The minimum atomic E-state index is 0.0821. The van der Waals surface area contributed by atoms with E-state index < -0.39 is 0 Å². The molecule has 112 valence electrons. The second kappa shape index (κ2) is 8.54. The molecule has 19 heavy (non-hydrogen) atoms. The Balaban J connectivity index is 2.37. The average Bonchev–Trinajstić information content (AvgIpc) is 2.44. The summed E-state index contributed by atoms with van der Waals surface area (Å²) in [4.78, 5) is 16.8. The minimum absolute atomic E-state index is 0.0821. The highest BCUT2D eigenvalue weighted by Crippen LogP contribution is 2.17. The van der Waals surface area contributed by atoms with Gasteiger partial charge in [-0.05, 0) is 32.4 Å². The molecule has 0 radical (unpaired) electrons. The predicted octanol–water partition coefficient (Wildman–Crippen LogP) is 1.56. The van der Waals surface area contributed by atoms with Crippen LogP contribution in [0.4, 0.5) is 0 Å². The Morgan fingerprint density at radius 3 is 2.53 bits per heavy atom. The second-order valence-corrected chi connectivity index (χ2v) is 5.73. The Morgan fingerprint density at radius 1 is 1.37 bits per heavy atom. The van der Waals surface area contributed by atoms with Gasteiger partial charge in [0, 0.05) is 38.6 Å². The molecule has 1 fully saturated rings. The third kappa shape index (κ3) is 5.11. The van der Waals surface area contributed by atoms with Crippen LogP contribution in [0.15, 0.2) is 0 Å². The van der Waals surface area contributed by atoms with E-state index >= 15 is 0 Å². The number of hydrogen-bond donors (Lipinski definition) is 1. The molecule has 1 saturated heterocycles. The van der Waals surface area contributed by atoms with Gasteiger partial charge in [0.2, 0.25) is 5.91 Å². The molecule has 1 N–H and O–H groups in total. The lowest BCUT2D eigenvalue weighted by Crippen LogP contribution is -2.48. The van der Waals surface area contributed by atoms with Crippen molar-refractivity contribution >= 4 is 5.91 Å². The third-order valence-corrected chi connectivity index (χ3v) is 4.11. The molecule has 1 aliphatic heterocycles. The van der Waals surface area contributed by atoms with Crippen molar-refractivity contribution in [3.8, 4) is 0 Å². The highest BCUT2D eigenvalue weighted by Gasteiger charge is 2.27. The zero-order chi connectivity index (χ0) is 14.3. The van der Waals surface area contributed by atoms with Crippen molar-refractivity contribution in [3.05, 3.63) is 0 Å². The average molecular weight is 269 g/mol. The van der Waals surface area contributed by atoms with Crippen LogP contribution in [0.5, 0.6) is 0 Å². The highest BCUT2D eigenvalue weighted by molar-refractivity contribution is 5.78. The topological polar surface area (TPSA) is 35.6 Å². The lowest BCUT2D eigenvalue weighted by Gasteiger charge is -2.37. The van der Waals surface area contributed by atoms with Gasteiger partial charge in [-0.1, -0.05) is 20.8 Å². The largest absolute Gasteiger partial charge is 0.342 e. The molecule has 1 unspecified atom stereocenters. The van der Waals surface area contributed by atoms with Crippen molar-refractivity contribution in [2.45, 2.75) is 46.1 Å². The van der Waals surface area contributed by atoms with Gasteiger partial charge in [0.05, 0.1) is 0 Å². The Morgan fingerprint density at radius 2 is 2.00 bits per heavy atom. The summed E-state index contributed by atoms with van der Waals surface area (Å²) in [6.45, 7) is 11.5. The molecular weight excluding hydrogens is 238 g/mol. The fraction of sp³-hybridized carbons (Fsp3) is 0.933. The van der Waals surface area contributed by atoms with Crippen LogP contribution in [0.2, 0.25) is 0 Å². The molecule has 1 rings (SSSR count). The number of nitrogens with zero attached hydrogens (tertiary/aromatic N) is 2. The molecule has 0 aliphatic carbocycles. The first kappa shape index (κ1) is 16.4. The molecule has 0 bridgehead atoms. The van der Waals surface area contributed by atoms with E-state index in [1.54, 1.807) is 0 Å². The van der Waals surface area contributed by atoms with E-state index in [4.69, 9.17) is 0 Å². The van der Waals surface area contributed by atoms with Gasteiger partial charge in [-0.25, -0.2) is 0 Å². The molecule has 1 aliphatic rings. The Bertz CT molecular complexity index is 262. The molecule has 0 aromatic rings. The number of rotatable bonds is 7. The molecule has 0 aromatic carbocycles. The van der Waals surface area contributed by atoms with Crippen molar-refractivity contribution in [1.29, 1.82) is 0 Å². The number of likely N-dealkylation sites (tertiary alicyclic amines) is 1. The molecular formula is C15H31N3O. The van der Waals surface area contributed by atoms with Crippen LogP contribution >= 0.6 is 0 Å². The SMILES string of the molecule is CCCN1CCC(N(C)C(=O)C(C)CNCC)CC1. The van der Waals surface area contributed by atoms with Gasteiger partial charge in [-0.15, -0.1) is 0 Å². The van der Waals surface area contributed by atoms with Crippen LogP contribution in [0.3, 0.4) is 0 Å². The van der Waals surface area contributed by atoms with E-state index in [9.17, 15) is 4.79 Å². The van der Waals surface area contributed by atoms with Gasteiger partial charge >= 0.3 is 0 Å². The van der Waals surface area contributed by atoms with Crippen LogP contribution in [-0.4, -0.2) is 61.5 Å². The van der Waals surface area contributed by atoms with Crippen LogP contribution in [0.25, 0.3) is 0 Å². The van der Waals surface area contributed by atoms with Crippen molar-refractivity contribution in [3.63, 3.8) is 0 Å². The smallest absolute Gasteiger partial charge is 0.226 e. The summed E-state index contributed by atoms with van der Waals surface area (Å²) in [7, 11) is 1.98. The Labute approximate surface area is 118 Å². The lowest BCUT2D eigenvalue weighted by atomic mass is 10.0. The molecule has 0 aromatic heterocycles. The first-order valence-corrected chi connectivity index (χ1v) is 7.79. The summed E-state index contributed by atoms with van der Waals surface area (Å²) in [6.07, 6.45) is 3.46. The molecule has 0 saturated carbocycles. The van der Waals surface area contributed by atoms with E-state index in [1.807, 2.05) is 18.9 Å². The van der Waals surface area contributed by atoms with E-state index in [0.29, 0.717) is 6.04 Å². The molecule has 1 heterocycles. The summed E-state index contributed by atoms with van der Waals surface area (Å²) in [5.74, 6) is 0.369. The molecule has 1 atom stereocenters. The number of piperidine rings is 1. The van der Waals surface area contributed by atoms with Crippen LogP contribution < -0.4 is 5.32 Å². The summed E-state index contributed by atoms with van der Waals surface area (Å²) in [6, 6.07) is 0.435. The zero-order valence-electron chi connectivity index (χ0n) is 13.1. The summed E-state index contributed by atoms with van der Waals surface area (Å²) >= 11 is 0. The first-order valence-electron chi connectivity index (χ1n) is 7.79. The fourth-order valence-electron chi connectivity index (χ4n) is 2.82. The van der Waals surface area contributed by atoms with E-state index in [2.05, 4.69) is 24.1 Å². The molecule has 1 amide bonds. The van der Waals surface area contributed by atoms with Crippen LogP contribution in [-0.2, 0) is 4.79 Å². The number of amides is 1. The van der Waals surface area contributed by atoms with Crippen molar-refractivity contribution in [2.24, 2.45) is 5.92 Å². The van der Waals surface area contributed by atoms with Crippen molar-refractivity contribution < 1.29 is 4.79 Å². The monoisotopic (exact) mass is 269 g/mol. The van der Waals surface area contributed by atoms with Crippen molar-refractivity contribution in [2.75, 3.05) is 39.8 Å². The third-order valence-electron chi connectivity index (χ3n) is 4.11. The summed E-state index contributed by atoms with van der Waals surface area (Å²) in [5.41, 5.74) is 0. The van der Waals surface area contributed by atoms with Gasteiger partial charge < -0.3 is 15.1 Å². The van der Waals surface area contributed by atoms with Gasteiger partial charge in [0.15, 0.2) is 0 Å². The Hall–Kier alpha value is -0.610. The number of nitrogens with one attached hydrogen (secondary N) is 1. The maximum atomic E-state index is 12.3. The Kier molecular flexibility index (Phi) is 7.39. The number of hydrogen-bond acceptors (Lipinski definition) is 3. The summed E-state index contributed by atoms with van der Waals surface area (Å²) < 4.78 is 0.